The van der Waals surface area contributed by atoms with E-state index in [-0.39, 0.29) is 5.92 Å². The lowest BCUT2D eigenvalue weighted by Gasteiger charge is -2.23. The lowest BCUT2D eigenvalue weighted by molar-refractivity contribution is -0.431. The third-order valence-electron chi connectivity index (χ3n) is 5.77. The Balaban J connectivity index is 2.04. The highest BCUT2D eigenvalue weighted by atomic mass is 16.3. The fraction of sp³-hybridized carbons (Fsp3) is 0.296. The van der Waals surface area contributed by atoms with Crippen LogP contribution in [-0.4, -0.2) is 35.5 Å². The van der Waals surface area contributed by atoms with E-state index in [0.717, 1.165) is 25.2 Å². The highest BCUT2D eigenvalue weighted by molar-refractivity contribution is 5.54. The fourth-order valence-electron chi connectivity index (χ4n) is 4.12. The Kier molecular flexibility index (Phi) is 7.29. The van der Waals surface area contributed by atoms with Crippen LogP contribution in [0.5, 0.6) is 5.75 Å². The fourth-order valence-corrected chi connectivity index (χ4v) is 4.12. The second-order valence-electron chi connectivity index (χ2n) is 7.43. The molecular weight excluding hydrogens is 368 g/mol. The van der Waals surface area contributed by atoms with Crippen molar-refractivity contribution in [2.45, 2.75) is 33.6 Å². The van der Waals surface area contributed by atoms with Crippen LogP contribution in [-0.2, 0) is 0 Å². The number of anilines is 1. The van der Waals surface area contributed by atoms with Crippen molar-refractivity contribution in [2.75, 3.05) is 24.5 Å². The molecule has 3 rings (SSSR count). The maximum Gasteiger partial charge on any atom is 0.204 e. The number of aromatic hydroxyl groups is 1. The van der Waals surface area contributed by atoms with Gasteiger partial charge in [-0.3, -0.25) is 0 Å². The summed E-state index contributed by atoms with van der Waals surface area (Å²) < 4.78 is 2.23. The van der Waals surface area contributed by atoms with Crippen molar-refractivity contribution in [2.24, 2.45) is 0 Å². The summed E-state index contributed by atoms with van der Waals surface area (Å²) >= 11 is 0. The number of rotatable bonds is 8. The molecule has 1 N–H and O–H groups in total. The summed E-state index contributed by atoms with van der Waals surface area (Å²) in [5.74, 6) is 0.365. The van der Waals surface area contributed by atoms with Crippen LogP contribution < -0.4 is 4.90 Å². The van der Waals surface area contributed by atoms with Gasteiger partial charge in [-0.1, -0.05) is 36.4 Å². The van der Waals surface area contributed by atoms with Crippen molar-refractivity contribution >= 4 is 17.6 Å². The summed E-state index contributed by atoms with van der Waals surface area (Å²) in [5.41, 5.74) is 5.96. The van der Waals surface area contributed by atoms with Crippen LogP contribution in [0, 0.1) is 0 Å². The van der Waals surface area contributed by atoms with Gasteiger partial charge in [0.2, 0.25) is 5.69 Å². The van der Waals surface area contributed by atoms with Crippen LogP contribution in [0.2, 0.25) is 0 Å². The molecule has 3 aromatic carbocycles. The molecule has 0 aliphatic heterocycles. The van der Waals surface area contributed by atoms with Gasteiger partial charge < -0.3 is 10.0 Å². The highest BCUT2D eigenvalue weighted by Gasteiger charge is 2.19. The molecule has 3 heteroatoms. The molecule has 0 aliphatic rings. The number of benzene rings is 3. The van der Waals surface area contributed by atoms with Crippen molar-refractivity contribution < 1.29 is 9.68 Å². The summed E-state index contributed by atoms with van der Waals surface area (Å²) in [6, 6.07) is 25.2. The largest absolute Gasteiger partial charge is 0.508 e. The topological polar surface area (TPSA) is 26.5 Å². The number of nitrogens with zero attached hydrogens (tertiary/aromatic N) is 2. The normalized spacial score (nSPS) is 12.6. The van der Waals surface area contributed by atoms with E-state index in [1.165, 1.54) is 22.5 Å². The number of hydrogen-bond donors (Lipinski definition) is 1. The van der Waals surface area contributed by atoms with Crippen molar-refractivity contribution in [3.63, 3.8) is 0 Å². The standard InChI is InChI=1S/C27H32N2O/c1-5-28(6-2)24-16-12-21(13-17-24)27(23-10-9-11-26(30)20-23)22-14-18-25(19-15-22)29(7-3)8-4/h5,9-20,27H,6-8H2,1-4H3/p+1. The molecule has 3 nitrogen and oxygen atoms in total. The van der Waals surface area contributed by atoms with E-state index in [2.05, 4.69) is 98.0 Å². The van der Waals surface area contributed by atoms with Crippen LogP contribution in [0.15, 0.2) is 72.8 Å². The Morgan fingerprint density at radius 3 is 1.93 bits per heavy atom. The van der Waals surface area contributed by atoms with Gasteiger partial charge in [-0.15, -0.1) is 0 Å². The molecular formula is C27H33N2O+. The average molecular weight is 402 g/mol. The summed E-state index contributed by atoms with van der Waals surface area (Å²) in [7, 11) is 0. The zero-order chi connectivity index (χ0) is 21.5. The zero-order valence-corrected chi connectivity index (χ0v) is 18.5. The lowest BCUT2D eigenvalue weighted by atomic mass is 9.85. The first-order valence-corrected chi connectivity index (χ1v) is 10.9. The van der Waals surface area contributed by atoms with Crippen molar-refractivity contribution in [1.29, 1.82) is 0 Å². The van der Waals surface area contributed by atoms with Crippen LogP contribution >= 0.6 is 0 Å². The van der Waals surface area contributed by atoms with Crippen molar-refractivity contribution in [3.05, 3.63) is 89.5 Å². The van der Waals surface area contributed by atoms with E-state index in [9.17, 15) is 5.11 Å². The van der Waals surface area contributed by atoms with Crippen LogP contribution in [0.1, 0.15) is 50.3 Å². The third-order valence-corrected chi connectivity index (χ3v) is 5.77. The van der Waals surface area contributed by atoms with E-state index in [1.54, 1.807) is 6.07 Å². The minimum atomic E-state index is 0.0672. The summed E-state index contributed by atoms with van der Waals surface area (Å²) in [5, 5.41) is 10.1. The predicted octanol–water partition coefficient (Wildman–Crippen LogP) is 6.17. The molecule has 0 saturated heterocycles. The zero-order valence-electron chi connectivity index (χ0n) is 18.5. The van der Waals surface area contributed by atoms with Crippen LogP contribution in [0.3, 0.4) is 0 Å². The van der Waals surface area contributed by atoms with Gasteiger partial charge >= 0.3 is 0 Å². The Bertz CT molecular complexity index is 971. The smallest absolute Gasteiger partial charge is 0.204 e. The second kappa shape index (κ2) is 10.1. The first-order chi connectivity index (χ1) is 14.6. The van der Waals surface area contributed by atoms with Crippen molar-refractivity contribution in [3.8, 4) is 5.75 Å². The quantitative estimate of drug-likeness (QED) is 0.277. The summed E-state index contributed by atoms with van der Waals surface area (Å²) in [6.07, 6.45) is 2.10. The first kappa shape index (κ1) is 21.6. The van der Waals surface area contributed by atoms with E-state index < -0.39 is 0 Å². The van der Waals surface area contributed by atoms with Gasteiger partial charge in [0.25, 0.3) is 0 Å². The predicted molar refractivity (Wildman–Crippen MR) is 128 cm³/mol. The van der Waals surface area contributed by atoms with Crippen LogP contribution in [0.25, 0.3) is 0 Å². The highest BCUT2D eigenvalue weighted by Crippen LogP contribution is 2.35. The summed E-state index contributed by atoms with van der Waals surface area (Å²) in [4.78, 5) is 2.35. The molecule has 0 radical (unpaired) electrons. The summed E-state index contributed by atoms with van der Waals surface area (Å²) in [6.45, 7) is 11.5. The minimum Gasteiger partial charge on any atom is -0.508 e. The Morgan fingerprint density at radius 2 is 1.43 bits per heavy atom. The lowest BCUT2D eigenvalue weighted by Crippen LogP contribution is -2.21. The van der Waals surface area contributed by atoms with E-state index >= 15 is 0 Å². The molecule has 0 fully saturated rings. The molecule has 30 heavy (non-hydrogen) atoms. The van der Waals surface area contributed by atoms with E-state index in [1.807, 2.05) is 12.1 Å². The second-order valence-corrected chi connectivity index (χ2v) is 7.43. The molecule has 1 unspecified atom stereocenters. The molecule has 0 saturated carbocycles. The van der Waals surface area contributed by atoms with Gasteiger partial charge in [0.05, 0.1) is 0 Å². The van der Waals surface area contributed by atoms with Gasteiger partial charge in [-0.25, -0.2) is 4.58 Å². The molecule has 3 aromatic rings. The molecule has 0 aromatic heterocycles. The van der Waals surface area contributed by atoms with Crippen LogP contribution in [0.4, 0.5) is 11.4 Å². The molecule has 0 spiro atoms. The average Bonchev–Trinajstić information content (AvgIpc) is 2.78. The molecule has 0 heterocycles. The Hall–Kier alpha value is -3.07. The van der Waals surface area contributed by atoms with Gasteiger partial charge in [-0.2, -0.15) is 0 Å². The minimum absolute atomic E-state index is 0.0672. The number of hydrogen-bond acceptors (Lipinski definition) is 2. The number of phenols is 1. The molecule has 0 aliphatic carbocycles. The first-order valence-electron chi connectivity index (χ1n) is 10.9. The van der Waals surface area contributed by atoms with E-state index in [0.29, 0.717) is 5.75 Å². The van der Waals surface area contributed by atoms with Gasteiger partial charge in [0.1, 0.15) is 18.5 Å². The maximum absolute atomic E-state index is 10.1. The van der Waals surface area contributed by atoms with Gasteiger partial charge in [-0.05, 0) is 61.7 Å². The monoisotopic (exact) mass is 401 g/mol. The maximum atomic E-state index is 10.1. The van der Waals surface area contributed by atoms with Crippen molar-refractivity contribution in [1.82, 2.24) is 0 Å². The SMILES string of the molecule is CC=[N+](CC)c1ccc(C(c2ccc(N(CC)CC)cc2)c2cccc(O)c2)cc1. The Labute approximate surface area is 180 Å². The molecule has 0 amide bonds. The number of phenolic OH excluding ortho intramolecular Hbond substituents is 1. The third kappa shape index (κ3) is 4.73. The van der Waals surface area contributed by atoms with Gasteiger partial charge in [0, 0.05) is 43.8 Å². The molecule has 1 atom stereocenters. The van der Waals surface area contributed by atoms with Gasteiger partial charge in [0.15, 0.2) is 0 Å². The molecule has 0 bridgehead atoms. The molecule has 156 valence electrons. The van der Waals surface area contributed by atoms with E-state index in [4.69, 9.17) is 0 Å². The Morgan fingerprint density at radius 1 is 0.833 bits per heavy atom.